The van der Waals surface area contributed by atoms with Crippen LogP contribution < -0.4 is 10.0 Å². The van der Waals surface area contributed by atoms with Crippen molar-refractivity contribution in [2.24, 2.45) is 10.1 Å². The van der Waals surface area contributed by atoms with E-state index in [-0.39, 0.29) is 17.3 Å². The Hall–Kier alpha value is -2.23. The minimum atomic E-state index is -4.20. The van der Waals surface area contributed by atoms with Crippen molar-refractivity contribution >= 4 is 27.8 Å². The molecular formula is C9H11N5O4S. The topological polar surface area (TPSA) is 139 Å². The summed E-state index contributed by atoms with van der Waals surface area (Å²) in [7, 11) is -4.20. The molecule has 1 aliphatic heterocycles. The van der Waals surface area contributed by atoms with E-state index in [4.69, 9.17) is 10.8 Å². The monoisotopic (exact) mass is 285 g/mol. The molecule has 10 heteroatoms. The molecule has 0 aromatic carbocycles. The molecule has 0 saturated heterocycles. The third-order valence-corrected chi connectivity index (χ3v) is 3.82. The number of aryl methyl sites for hydroxylation is 2. The normalized spacial score (nSPS) is 16.7. The Bertz CT molecular complexity index is 697. The van der Waals surface area contributed by atoms with Crippen LogP contribution in [0.15, 0.2) is 4.40 Å². The van der Waals surface area contributed by atoms with Crippen molar-refractivity contribution in [3.8, 4) is 0 Å². The Morgan fingerprint density at radius 3 is 2.47 bits per heavy atom. The first-order valence-electron chi connectivity index (χ1n) is 5.18. The molecule has 102 valence electrons. The maximum atomic E-state index is 11.8. The molecular weight excluding hydrogens is 274 g/mol. The molecule has 0 unspecified atom stereocenters. The first-order chi connectivity index (χ1) is 8.72. The van der Waals surface area contributed by atoms with Gasteiger partial charge in [0.25, 0.3) is 0 Å². The molecule has 3 N–H and O–H groups in total. The fourth-order valence-electron chi connectivity index (χ4n) is 1.54. The van der Waals surface area contributed by atoms with E-state index in [0.29, 0.717) is 15.7 Å². The molecule has 0 bridgehead atoms. The molecule has 9 nitrogen and oxygen atoms in total. The van der Waals surface area contributed by atoms with Crippen molar-refractivity contribution in [1.82, 2.24) is 9.97 Å². The van der Waals surface area contributed by atoms with Gasteiger partial charge in [0.05, 0.1) is 11.4 Å². The zero-order valence-electron chi connectivity index (χ0n) is 10.2. The number of hydrogen-bond donors (Lipinski definition) is 2. The summed E-state index contributed by atoms with van der Waals surface area (Å²) in [5.74, 6) is -1.74. The van der Waals surface area contributed by atoms with E-state index in [0.717, 1.165) is 0 Å². The number of anilines is 1. The fourth-order valence-corrected chi connectivity index (χ4v) is 2.60. The average Bonchev–Trinajstić information content (AvgIpc) is 2.26. The average molecular weight is 285 g/mol. The summed E-state index contributed by atoms with van der Waals surface area (Å²) in [4.78, 5) is 18.9. The van der Waals surface area contributed by atoms with Gasteiger partial charge in [0.2, 0.25) is 0 Å². The van der Waals surface area contributed by atoms with Crippen LogP contribution in [0.25, 0.3) is 0 Å². The van der Waals surface area contributed by atoms with E-state index in [1.807, 2.05) is 0 Å². The largest absolute Gasteiger partial charge is 0.480 e. The molecule has 2 rings (SSSR count). The zero-order chi connectivity index (χ0) is 14.4. The number of rotatable bonds is 2. The van der Waals surface area contributed by atoms with E-state index in [1.54, 1.807) is 13.8 Å². The van der Waals surface area contributed by atoms with E-state index < -0.39 is 22.7 Å². The highest BCUT2D eigenvalue weighted by Gasteiger charge is 2.34. The summed E-state index contributed by atoms with van der Waals surface area (Å²) < 4.78 is 27.5. The number of nitrogens with two attached hydrogens (primary N) is 1. The van der Waals surface area contributed by atoms with Gasteiger partial charge in [0, 0.05) is 0 Å². The lowest BCUT2D eigenvalue weighted by molar-refractivity contribution is -0.135. The van der Waals surface area contributed by atoms with Gasteiger partial charge in [0.15, 0.2) is 11.7 Å². The quantitative estimate of drug-likeness (QED) is 0.706. The fraction of sp³-hybridized carbons (Fsp3) is 0.333. The maximum Gasteiger partial charge on any atom is 0.348 e. The predicted octanol–water partition coefficient (Wildman–Crippen LogP) is -1.05. The van der Waals surface area contributed by atoms with E-state index in [1.165, 1.54) is 0 Å². The van der Waals surface area contributed by atoms with Gasteiger partial charge in [-0.3, -0.25) is 4.79 Å². The Labute approximate surface area is 109 Å². The van der Waals surface area contributed by atoms with E-state index in [9.17, 15) is 13.2 Å². The SMILES string of the molecule is Cc1nc2c(nc1C)N(CC(=O)O)S(=O)(=O)N=C2N. The standard InChI is InChI=1S/C9H11N5O4S/c1-4-5(2)12-9-7(11-4)8(10)13-19(17,18)14(9)3-6(15)16/h3H2,1-2H3,(H2,10,13)(H,15,16). The van der Waals surface area contributed by atoms with Gasteiger partial charge in [-0.05, 0) is 13.8 Å². The molecule has 0 aliphatic carbocycles. The summed E-state index contributed by atoms with van der Waals surface area (Å²) in [5.41, 5.74) is 6.64. The van der Waals surface area contributed by atoms with Crippen LogP contribution in [-0.2, 0) is 15.0 Å². The minimum Gasteiger partial charge on any atom is -0.480 e. The van der Waals surface area contributed by atoms with Gasteiger partial charge >= 0.3 is 16.2 Å². The van der Waals surface area contributed by atoms with Crippen LogP contribution in [0.5, 0.6) is 0 Å². The number of carboxylic acids is 1. The lowest BCUT2D eigenvalue weighted by Gasteiger charge is -2.25. The molecule has 0 atom stereocenters. The Morgan fingerprint density at radius 1 is 1.32 bits per heavy atom. The lowest BCUT2D eigenvalue weighted by atomic mass is 10.3. The van der Waals surface area contributed by atoms with Gasteiger partial charge < -0.3 is 10.8 Å². The number of carbonyl (C=O) groups is 1. The molecule has 0 fully saturated rings. The van der Waals surface area contributed by atoms with Crippen LogP contribution in [0.2, 0.25) is 0 Å². The van der Waals surface area contributed by atoms with Crippen LogP contribution >= 0.6 is 0 Å². The molecule has 19 heavy (non-hydrogen) atoms. The highest BCUT2D eigenvalue weighted by Crippen LogP contribution is 2.25. The Balaban J connectivity index is 2.71. The van der Waals surface area contributed by atoms with Crippen LogP contribution in [0.4, 0.5) is 5.82 Å². The predicted molar refractivity (Wildman–Crippen MR) is 66.1 cm³/mol. The van der Waals surface area contributed by atoms with Crippen LogP contribution in [0, 0.1) is 13.8 Å². The molecule has 2 heterocycles. The molecule has 0 spiro atoms. The number of hydrogen-bond acceptors (Lipinski definition) is 6. The second-order valence-electron chi connectivity index (χ2n) is 3.92. The minimum absolute atomic E-state index is 0.0687. The van der Waals surface area contributed by atoms with Crippen molar-refractivity contribution in [1.29, 1.82) is 0 Å². The smallest absolute Gasteiger partial charge is 0.348 e. The second kappa shape index (κ2) is 4.16. The maximum absolute atomic E-state index is 11.8. The Kier molecular flexibility index (Phi) is 2.89. The van der Waals surface area contributed by atoms with Gasteiger partial charge in [-0.1, -0.05) is 0 Å². The first-order valence-corrected chi connectivity index (χ1v) is 6.57. The molecule has 1 aromatic rings. The summed E-state index contributed by atoms with van der Waals surface area (Å²) >= 11 is 0. The summed E-state index contributed by atoms with van der Waals surface area (Å²) in [6.07, 6.45) is 0. The van der Waals surface area contributed by atoms with Crippen molar-refractivity contribution in [3.05, 3.63) is 17.1 Å². The molecule has 1 aromatic heterocycles. The van der Waals surface area contributed by atoms with Gasteiger partial charge in [0.1, 0.15) is 12.2 Å². The number of aliphatic carboxylic acids is 1. The highest BCUT2D eigenvalue weighted by molar-refractivity contribution is 7.91. The third-order valence-electron chi connectivity index (χ3n) is 2.54. The van der Waals surface area contributed by atoms with Crippen molar-refractivity contribution in [2.45, 2.75) is 13.8 Å². The van der Waals surface area contributed by atoms with Gasteiger partial charge in [-0.15, -0.1) is 4.40 Å². The second-order valence-corrected chi connectivity index (χ2v) is 5.44. The molecule has 0 radical (unpaired) electrons. The van der Waals surface area contributed by atoms with Crippen molar-refractivity contribution < 1.29 is 18.3 Å². The molecule has 0 amide bonds. The summed E-state index contributed by atoms with van der Waals surface area (Å²) in [6, 6.07) is 0. The highest BCUT2D eigenvalue weighted by atomic mass is 32.2. The number of carboxylic acid groups (broad SMARTS) is 1. The van der Waals surface area contributed by atoms with Crippen LogP contribution in [0.1, 0.15) is 17.1 Å². The molecule has 1 aliphatic rings. The Morgan fingerprint density at radius 2 is 1.89 bits per heavy atom. The summed E-state index contributed by atoms with van der Waals surface area (Å²) in [5, 5.41) is 8.78. The number of fused-ring (bicyclic) bond motifs is 1. The van der Waals surface area contributed by atoms with Crippen LogP contribution in [0.3, 0.4) is 0 Å². The zero-order valence-corrected chi connectivity index (χ0v) is 11.0. The number of amidine groups is 1. The summed E-state index contributed by atoms with van der Waals surface area (Å²) in [6.45, 7) is 2.53. The third kappa shape index (κ3) is 2.21. The van der Waals surface area contributed by atoms with Crippen molar-refractivity contribution in [2.75, 3.05) is 10.8 Å². The molecule has 0 saturated carbocycles. The van der Waals surface area contributed by atoms with Gasteiger partial charge in [-0.2, -0.15) is 8.42 Å². The van der Waals surface area contributed by atoms with Crippen LogP contribution in [-0.4, -0.2) is 41.8 Å². The van der Waals surface area contributed by atoms with Gasteiger partial charge in [-0.25, -0.2) is 14.3 Å². The first kappa shape index (κ1) is 13.2. The van der Waals surface area contributed by atoms with E-state index >= 15 is 0 Å². The number of aromatic nitrogens is 2. The lowest BCUT2D eigenvalue weighted by Crippen LogP contribution is -2.41. The van der Waals surface area contributed by atoms with Crippen molar-refractivity contribution in [3.63, 3.8) is 0 Å². The van der Waals surface area contributed by atoms with E-state index in [2.05, 4.69) is 14.4 Å². The number of nitrogens with zero attached hydrogens (tertiary/aromatic N) is 4.